The van der Waals surface area contributed by atoms with E-state index in [0.717, 1.165) is 6.07 Å². The van der Waals surface area contributed by atoms with E-state index in [9.17, 15) is 14.0 Å². The predicted molar refractivity (Wildman–Crippen MR) is 89.6 cm³/mol. The number of benzene rings is 1. The maximum Gasteiger partial charge on any atom is 0.411 e. The number of carbonyl (C=O) groups is 2. The molecule has 8 heteroatoms. The first kappa shape index (κ1) is 18.5. The lowest BCUT2D eigenvalue weighted by Gasteiger charge is -2.36. The number of anilines is 1. The molecule has 1 aromatic rings. The van der Waals surface area contributed by atoms with Gasteiger partial charge in [-0.1, -0.05) is 11.6 Å². The second-order valence-corrected chi connectivity index (χ2v) is 6.92. The highest BCUT2D eigenvalue weighted by molar-refractivity contribution is 6.30. The number of ether oxygens (including phenoxy) is 1. The Balaban J connectivity index is 2.09. The maximum atomic E-state index is 13.5. The molecule has 1 fully saturated rings. The SMILES string of the molecule is CC(C)(C)OC(=O)N1CCNCC1C(=O)Nc1ccc(Cl)c(F)c1. The summed E-state index contributed by atoms with van der Waals surface area (Å²) >= 11 is 5.62. The quantitative estimate of drug-likeness (QED) is 0.853. The number of carbonyl (C=O) groups excluding carboxylic acids is 2. The molecule has 0 aliphatic carbocycles. The van der Waals surface area contributed by atoms with E-state index in [1.54, 1.807) is 20.8 Å². The molecule has 0 bridgehead atoms. The first-order chi connectivity index (χ1) is 11.2. The van der Waals surface area contributed by atoms with Gasteiger partial charge in [-0.05, 0) is 39.0 Å². The monoisotopic (exact) mass is 357 g/mol. The number of piperazine rings is 1. The van der Waals surface area contributed by atoms with E-state index in [2.05, 4.69) is 10.6 Å². The van der Waals surface area contributed by atoms with Crippen LogP contribution >= 0.6 is 11.6 Å². The molecule has 0 spiro atoms. The van der Waals surface area contributed by atoms with Gasteiger partial charge in [0.05, 0.1) is 5.02 Å². The van der Waals surface area contributed by atoms with E-state index in [-0.39, 0.29) is 10.7 Å². The fourth-order valence-corrected chi connectivity index (χ4v) is 2.39. The Hall–Kier alpha value is -1.86. The molecule has 1 saturated heterocycles. The number of nitrogens with one attached hydrogen (secondary N) is 2. The molecule has 0 aromatic heterocycles. The van der Waals surface area contributed by atoms with Crippen molar-refractivity contribution in [2.45, 2.75) is 32.4 Å². The average Bonchev–Trinajstić information content (AvgIpc) is 2.49. The summed E-state index contributed by atoms with van der Waals surface area (Å²) in [5.41, 5.74) is -0.376. The number of halogens is 2. The van der Waals surface area contributed by atoms with E-state index >= 15 is 0 Å². The summed E-state index contributed by atoms with van der Waals surface area (Å²) in [5.74, 6) is -1.05. The molecule has 1 aromatic carbocycles. The highest BCUT2D eigenvalue weighted by atomic mass is 35.5. The van der Waals surface area contributed by atoms with E-state index < -0.39 is 29.5 Å². The van der Waals surface area contributed by atoms with E-state index in [0.29, 0.717) is 19.6 Å². The van der Waals surface area contributed by atoms with Gasteiger partial charge >= 0.3 is 6.09 Å². The molecule has 0 saturated carbocycles. The zero-order valence-electron chi connectivity index (χ0n) is 13.9. The maximum absolute atomic E-state index is 13.5. The van der Waals surface area contributed by atoms with Gasteiger partial charge in [-0.25, -0.2) is 9.18 Å². The molecule has 0 radical (unpaired) electrons. The number of hydrogen-bond donors (Lipinski definition) is 2. The van der Waals surface area contributed by atoms with Gasteiger partial charge < -0.3 is 15.4 Å². The molecule has 1 aliphatic rings. The molecular formula is C16H21ClFN3O3. The summed E-state index contributed by atoms with van der Waals surface area (Å²) in [6.07, 6.45) is -0.550. The number of nitrogens with zero attached hydrogens (tertiary/aromatic N) is 1. The minimum atomic E-state index is -0.743. The van der Waals surface area contributed by atoms with Crippen LogP contribution in [0.25, 0.3) is 0 Å². The Morgan fingerprint density at radius 3 is 2.75 bits per heavy atom. The largest absolute Gasteiger partial charge is 0.444 e. The first-order valence-electron chi connectivity index (χ1n) is 7.63. The van der Waals surface area contributed by atoms with Gasteiger partial charge in [0.25, 0.3) is 0 Å². The average molecular weight is 358 g/mol. The molecule has 132 valence electrons. The second-order valence-electron chi connectivity index (χ2n) is 6.51. The fourth-order valence-electron chi connectivity index (χ4n) is 2.28. The second kappa shape index (κ2) is 7.36. The Morgan fingerprint density at radius 2 is 2.12 bits per heavy atom. The minimum Gasteiger partial charge on any atom is -0.444 e. The van der Waals surface area contributed by atoms with Crippen LogP contribution in [0.15, 0.2) is 18.2 Å². The number of hydrogen-bond acceptors (Lipinski definition) is 4. The molecule has 1 atom stereocenters. The molecule has 24 heavy (non-hydrogen) atoms. The summed E-state index contributed by atoms with van der Waals surface area (Å²) < 4.78 is 18.8. The zero-order chi connectivity index (χ0) is 17.9. The van der Waals surface area contributed by atoms with Gasteiger partial charge in [0, 0.05) is 25.3 Å². The minimum absolute atomic E-state index is 0.0253. The van der Waals surface area contributed by atoms with Crippen molar-refractivity contribution in [2.75, 3.05) is 25.0 Å². The van der Waals surface area contributed by atoms with Gasteiger partial charge in [-0.15, -0.1) is 0 Å². The van der Waals surface area contributed by atoms with Crippen LogP contribution in [0.2, 0.25) is 5.02 Å². The van der Waals surface area contributed by atoms with Crippen molar-refractivity contribution in [3.63, 3.8) is 0 Å². The standard InChI is InChI=1S/C16H21ClFN3O3/c1-16(2,3)24-15(23)21-7-6-19-9-13(21)14(22)20-10-4-5-11(17)12(18)8-10/h4-5,8,13,19H,6-7,9H2,1-3H3,(H,20,22). The van der Waals surface area contributed by atoms with Crippen LogP contribution in [0.1, 0.15) is 20.8 Å². The highest BCUT2D eigenvalue weighted by Crippen LogP contribution is 2.20. The first-order valence-corrected chi connectivity index (χ1v) is 8.01. The van der Waals surface area contributed by atoms with Crippen LogP contribution in [0.3, 0.4) is 0 Å². The van der Waals surface area contributed by atoms with Crippen LogP contribution in [0, 0.1) is 5.82 Å². The molecule has 6 nitrogen and oxygen atoms in total. The third-order valence-electron chi connectivity index (χ3n) is 3.36. The zero-order valence-corrected chi connectivity index (χ0v) is 14.6. The van der Waals surface area contributed by atoms with Crippen molar-refractivity contribution in [3.8, 4) is 0 Å². The summed E-state index contributed by atoms with van der Waals surface area (Å²) in [4.78, 5) is 26.2. The van der Waals surface area contributed by atoms with Gasteiger partial charge in [0.2, 0.25) is 5.91 Å². The van der Waals surface area contributed by atoms with Gasteiger partial charge in [0.15, 0.2) is 0 Å². The lowest BCUT2D eigenvalue weighted by Crippen LogP contribution is -2.59. The van der Waals surface area contributed by atoms with E-state index in [1.807, 2.05) is 0 Å². The summed E-state index contributed by atoms with van der Waals surface area (Å²) in [6, 6.07) is 3.25. The lowest BCUT2D eigenvalue weighted by molar-refractivity contribution is -0.121. The Morgan fingerprint density at radius 1 is 1.42 bits per heavy atom. The van der Waals surface area contributed by atoms with E-state index in [1.165, 1.54) is 17.0 Å². The van der Waals surface area contributed by atoms with Gasteiger partial charge in [-0.2, -0.15) is 0 Å². The normalized spacial score (nSPS) is 18.2. The van der Waals surface area contributed by atoms with Crippen LogP contribution in [-0.2, 0) is 9.53 Å². The van der Waals surface area contributed by atoms with Crippen LogP contribution in [0.4, 0.5) is 14.9 Å². The third-order valence-corrected chi connectivity index (χ3v) is 3.67. The summed E-state index contributed by atoms with van der Waals surface area (Å²) in [6.45, 7) is 6.50. The van der Waals surface area contributed by atoms with Crippen molar-refractivity contribution in [1.29, 1.82) is 0 Å². The molecular weight excluding hydrogens is 337 g/mol. The van der Waals surface area contributed by atoms with Crippen LogP contribution in [0.5, 0.6) is 0 Å². The topological polar surface area (TPSA) is 70.7 Å². The van der Waals surface area contributed by atoms with Crippen molar-refractivity contribution in [3.05, 3.63) is 29.0 Å². The van der Waals surface area contributed by atoms with Gasteiger partial charge in [-0.3, -0.25) is 9.69 Å². The number of rotatable bonds is 2. The molecule has 2 N–H and O–H groups in total. The summed E-state index contributed by atoms with van der Waals surface area (Å²) in [5, 5.41) is 5.64. The Labute approximate surface area is 145 Å². The fraction of sp³-hybridized carbons (Fsp3) is 0.500. The Bertz CT molecular complexity index is 633. The Kier molecular flexibility index (Phi) is 5.66. The van der Waals surface area contributed by atoms with Crippen LogP contribution in [-0.4, -0.2) is 48.2 Å². The summed E-state index contributed by atoms with van der Waals surface area (Å²) in [7, 11) is 0. The third kappa shape index (κ3) is 4.82. The highest BCUT2D eigenvalue weighted by Gasteiger charge is 2.34. The van der Waals surface area contributed by atoms with E-state index in [4.69, 9.17) is 16.3 Å². The van der Waals surface area contributed by atoms with Crippen molar-refractivity contribution in [2.24, 2.45) is 0 Å². The molecule has 1 heterocycles. The van der Waals surface area contributed by atoms with Gasteiger partial charge in [0.1, 0.15) is 17.5 Å². The van der Waals surface area contributed by atoms with Crippen molar-refractivity contribution in [1.82, 2.24) is 10.2 Å². The van der Waals surface area contributed by atoms with Crippen LogP contribution < -0.4 is 10.6 Å². The molecule has 1 unspecified atom stereocenters. The van der Waals surface area contributed by atoms with Crippen molar-refractivity contribution >= 4 is 29.3 Å². The number of amides is 2. The van der Waals surface area contributed by atoms with Crippen molar-refractivity contribution < 1.29 is 18.7 Å². The molecule has 1 aliphatic heterocycles. The molecule has 2 amide bonds. The molecule has 2 rings (SSSR count). The lowest BCUT2D eigenvalue weighted by atomic mass is 10.1. The predicted octanol–water partition coefficient (Wildman–Crippen LogP) is 2.63. The smallest absolute Gasteiger partial charge is 0.411 e.